The third kappa shape index (κ3) is 2.26. The quantitative estimate of drug-likeness (QED) is 0.923. The number of thiazole rings is 1. The summed E-state index contributed by atoms with van der Waals surface area (Å²) >= 11 is 1.42. The SMILES string of the molecule is Cc1ccnc(-c2nc(C(C)(C)C(=O)O)cs2)c1. The van der Waals surface area contributed by atoms with Gasteiger partial charge in [-0.25, -0.2) is 4.98 Å². The number of aryl methyl sites for hydroxylation is 1. The van der Waals surface area contributed by atoms with E-state index in [0.29, 0.717) is 5.69 Å². The summed E-state index contributed by atoms with van der Waals surface area (Å²) in [6, 6.07) is 3.86. The molecule has 0 fully saturated rings. The van der Waals surface area contributed by atoms with Crippen LogP contribution in [0.25, 0.3) is 10.7 Å². The Morgan fingerprint density at radius 3 is 2.78 bits per heavy atom. The number of carboxylic acid groups (broad SMARTS) is 1. The molecule has 94 valence electrons. The molecule has 0 amide bonds. The topological polar surface area (TPSA) is 63.1 Å². The number of aromatic nitrogens is 2. The second-order valence-corrected chi connectivity index (χ2v) is 5.54. The van der Waals surface area contributed by atoms with E-state index in [1.54, 1.807) is 25.4 Å². The Kier molecular flexibility index (Phi) is 3.17. The minimum Gasteiger partial charge on any atom is -0.481 e. The van der Waals surface area contributed by atoms with Crippen molar-refractivity contribution in [2.45, 2.75) is 26.2 Å². The Hall–Kier alpha value is -1.75. The number of carbonyl (C=O) groups is 1. The lowest BCUT2D eigenvalue weighted by molar-refractivity contribution is -0.142. The summed E-state index contributed by atoms with van der Waals surface area (Å²) in [5.41, 5.74) is 1.48. The lowest BCUT2D eigenvalue weighted by atomic mass is 9.90. The maximum absolute atomic E-state index is 11.2. The van der Waals surface area contributed by atoms with Gasteiger partial charge in [0.1, 0.15) is 10.4 Å². The summed E-state index contributed by atoms with van der Waals surface area (Å²) in [5.74, 6) is -0.878. The molecule has 2 heterocycles. The van der Waals surface area contributed by atoms with Gasteiger partial charge in [0.25, 0.3) is 0 Å². The lowest BCUT2D eigenvalue weighted by Gasteiger charge is -2.15. The molecule has 0 unspecified atom stereocenters. The lowest BCUT2D eigenvalue weighted by Crippen LogP contribution is -2.28. The zero-order chi connectivity index (χ0) is 13.3. The molecule has 0 spiro atoms. The van der Waals surface area contributed by atoms with E-state index >= 15 is 0 Å². The van der Waals surface area contributed by atoms with Crippen LogP contribution < -0.4 is 0 Å². The first-order valence-electron chi connectivity index (χ1n) is 5.53. The second-order valence-electron chi connectivity index (χ2n) is 4.69. The molecular weight excluding hydrogens is 248 g/mol. The van der Waals surface area contributed by atoms with Crippen molar-refractivity contribution in [2.75, 3.05) is 0 Å². The van der Waals surface area contributed by atoms with Gasteiger partial charge in [0.05, 0.1) is 11.4 Å². The summed E-state index contributed by atoms with van der Waals surface area (Å²) in [6.07, 6.45) is 1.73. The average Bonchev–Trinajstić information content (AvgIpc) is 2.78. The van der Waals surface area contributed by atoms with Crippen molar-refractivity contribution in [3.05, 3.63) is 35.0 Å². The Balaban J connectivity index is 2.40. The van der Waals surface area contributed by atoms with Crippen LogP contribution in [0, 0.1) is 6.92 Å². The van der Waals surface area contributed by atoms with Crippen LogP contribution in [-0.2, 0) is 10.2 Å². The monoisotopic (exact) mass is 262 g/mol. The van der Waals surface area contributed by atoms with E-state index < -0.39 is 11.4 Å². The van der Waals surface area contributed by atoms with Crippen molar-refractivity contribution < 1.29 is 9.90 Å². The van der Waals surface area contributed by atoms with E-state index in [9.17, 15) is 4.79 Å². The molecule has 5 heteroatoms. The van der Waals surface area contributed by atoms with Gasteiger partial charge in [-0.1, -0.05) is 0 Å². The standard InChI is InChI=1S/C13H14N2O2S/c1-8-4-5-14-9(6-8)11-15-10(7-18-11)13(2,3)12(16)17/h4-7H,1-3H3,(H,16,17). The number of pyridine rings is 1. The van der Waals surface area contributed by atoms with Gasteiger partial charge in [-0.15, -0.1) is 11.3 Å². The molecule has 0 aliphatic heterocycles. The third-order valence-electron chi connectivity index (χ3n) is 2.81. The summed E-state index contributed by atoms with van der Waals surface area (Å²) in [6.45, 7) is 5.29. The highest BCUT2D eigenvalue weighted by Crippen LogP contribution is 2.29. The van der Waals surface area contributed by atoms with E-state index in [0.717, 1.165) is 16.3 Å². The van der Waals surface area contributed by atoms with Crippen molar-refractivity contribution in [2.24, 2.45) is 0 Å². The highest BCUT2D eigenvalue weighted by molar-refractivity contribution is 7.13. The third-order valence-corrected chi connectivity index (χ3v) is 3.68. The zero-order valence-electron chi connectivity index (χ0n) is 10.5. The molecule has 0 radical (unpaired) electrons. The van der Waals surface area contributed by atoms with Crippen LogP contribution in [0.1, 0.15) is 25.1 Å². The van der Waals surface area contributed by atoms with Crippen LogP contribution in [0.15, 0.2) is 23.7 Å². The maximum atomic E-state index is 11.2. The number of nitrogens with zero attached hydrogens (tertiary/aromatic N) is 2. The highest BCUT2D eigenvalue weighted by Gasteiger charge is 2.32. The van der Waals surface area contributed by atoms with Gasteiger partial charge < -0.3 is 5.11 Å². The summed E-state index contributed by atoms with van der Waals surface area (Å²) in [5, 5.41) is 11.7. The zero-order valence-corrected chi connectivity index (χ0v) is 11.3. The highest BCUT2D eigenvalue weighted by atomic mass is 32.1. The van der Waals surface area contributed by atoms with E-state index in [-0.39, 0.29) is 0 Å². The first-order valence-corrected chi connectivity index (χ1v) is 6.41. The fraction of sp³-hybridized carbons (Fsp3) is 0.308. The molecule has 0 saturated heterocycles. The molecule has 0 aromatic carbocycles. The van der Waals surface area contributed by atoms with E-state index in [4.69, 9.17) is 5.11 Å². The second kappa shape index (κ2) is 4.49. The number of carboxylic acids is 1. The van der Waals surface area contributed by atoms with Crippen LogP contribution in [0.4, 0.5) is 0 Å². The van der Waals surface area contributed by atoms with Gasteiger partial charge in [0.15, 0.2) is 0 Å². The predicted octanol–water partition coefficient (Wildman–Crippen LogP) is 2.88. The molecule has 0 aliphatic rings. The van der Waals surface area contributed by atoms with E-state index in [1.807, 2.05) is 19.1 Å². The Bertz CT molecular complexity index is 590. The van der Waals surface area contributed by atoms with Crippen molar-refractivity contribution in [3.63, 3.8) is 0 Å². The predicted molar refractivity (Wildman–Crippen MR) is 70.7 cm³/mol. The Morgan fingerprint density at radius 2 is 2.17 bits per heavy atom. The summed E-state index contributed by atoms with van der Waals surface area (Å²) in [4.78, 5) is 19.8. The molecule has 0 atom stereocenters. The van der Waals surface area contributed by atoms with Crippen molar-refractivity contribution in [1.82, 2.24) is 9.97 Å². The molecule has 2 aromatic heterocycles. The van der Waals surface area contributed by atoms with Crippen molar-refractivity contribution in [1.29, 1.82) is 0 Å². The largest absolute Gasteiger partial charge is 0.481 e. The van der Waals surface area contributed by atoms with Gasteiger partial charge in [-0.2, -0.15) is 0 Å². The number of hydrogen-bond donors (Lipinski definition) is 1. The van der Waals surface area contributed by atoms with E-state index in [1.165, 1.54) is 11.3 Å². The fourth-order valence-corrected chi connectivity index (χ4v) is 2.40. The molecule has 4 nitrogen and oxygen atoms in total. The molecule has 18 heavy (non-hydrogen) atoms. The summed E-state index contributed by atoms with van der Waals surface area (Å²) < 4.78 is 0. The van der Waals surface area contributed by atoms with Crippen molar-refractivity contribution >= 4 is 17.3 Å². The van der Waals surface area contributed by atoms with Crippen LogP contribution in [0.2, 0.25) is 0 Å². The molecule has 0 aliphatic carbocycles. The number of rotatable bonds is 3. The smallest absolute Gasteiger partial charge is 0.315 e. The van der Waals surface area contributed by atoms with Crippen LogP contribution in [-0.4, -0.2) is 21.0 Å². The molecular formula is C13H14N2O2S. The van der Waals surface area contributed by atoms with Crippen LogP contribution in [0.3, 0.4) is 0 Å². The first kappa shape index (κ1) is 12.7. The molecule has 0 bridgehead atoms. The van der Waals surface area contributed by atoms with Gasteiger partial charge >= 0.3 is 5.97 Å². The van der Waals surface area contributed by atoms with Gasteiger partial charge in [0, 0.05) is 11.6 Å². The van der Waals surface area contributed by atoms with Crippen molar-refractivity contribution in [3.8, 4) is 10.7 Å². The van der Waals surface area contributed by atoms with Gasteiger partial charge in [-0.05, 0) is 38.5 Å². The molecule has 0 saturated carbocycles. The average molecular weight is 262 g/mol. The normalized spacial score (nSPS) is 11.5. The van der Waals surface area contributed by atoms with E-state index in [2.05, 4.69) is 9.97 Å². The number of aliphatic carboxylic acids is 1. The fourth-order valence-electron chi connectivity index (χ4n) is 1.44. The Labute approximate surface area is 109 Å². The maximum Gasteiger partial charge on any atom is 0.315 e. The van der Waals surface area contributed by atoms with Crippen LogP contribution in [0.5, 0.6) is 0 Å². The molecule has 2 aromatic rings. The molecule has 2 rings (SSSR count). The number of hydrogen-bond acceptors (Lipinski definition) is 4. The Morgan fingerprint density at radius 1 is 1.44 bits per heavy atom. The van der Waals surface area contributed by atoms with Gasteiger partial charge in [-0.3, -0.25) is 9.78 Å². The minimum absolute atomic E-state index is 0.568. The van der Waals surface area contributed by atoms with Crippen LogP contribution >= 0.6 is 11.3 Å². The first-order chi connectivity index (χ1) is 8.41. The van der Waals surface area contributed by atoms with Gasteiger partial charge in [0.2, 0.25) is 0 Å². The minimum atomic E-state index is -0.974. The summed E-state index contributed by atoms with van der Waals surface area (Å²) in [7, 11) is 0. The molecule has 1 N–H and O–H groups in total.